The highest BCUT2D eigenvalue weighted by Gasteiger charge is 2.29. The largest absolute Gasteiger partial charge is 0.497 e. The van der Waals surface area contributed by atoms with E-state index in [-0.39, 0.29) is 12.1 Å². The summed E-state index contributed by atoms with van der Waals surface area (Å²) in [5, 5.41) is 4.33. The van der Waals surface area contributed by atoms with Gasteiger partial charge in [-0.1, -0.05) is 12.1 Å². The summed E-state index contributed by atoms with van der Waals surface area (Å²) in [5.41, 5.74) is 0.571. The van der Waals surface area contributed by atoms with Crippen LogP contribution in [0, 0.1) is 0 Å². The number of benzene rings is 2. The molecular formula is C20H17F3N2O3. The summed E-state index contributed by atoms with van der Waals surface area (Å²) in [6, 6.07) is 12.7. The Bertz CT molecular complexity index is 1030. The molecule has 8 heteroatoms. The topological polar surface area (TPSA) is 53.4 Å². The minimum Gasteiger partial charge on any atom is -0.497 e. The van der Waals surface area contributed by atoms with Crippen molar-refractivity contribution in [1.29, 1.82) is 0 Å². The first-order valence-corrected chi connectivity index (χ1v) is 8.28. The molecule has 0 aliphatic heterocycles. The van der Waals surface area contributed by atoms with Crippen molar-refractivity contribution < 1.29 is 22.6 Å². The first-order valence-electron chi connectivity index (χ1n) is 8.28. The molecule has 1 aromatic heterocycles. The zero-order valence-electron chi connectivity index (χ0n) is 15.2. The smallest absolute Gasteiger partial charge is 0.416 e. The lowest BCUT2D eigenvalue weighted by atomic mass is 10.1. The van der Waals surface area contributed by atoms with Crippen molar-refractivity contribution in [2.24, 2.45) is 0 Å². The highest BCUT2D eigenvalue weighted by molar-refractivity contribution is 5.68. The molecule has 2 aromatic carbocycles. The summed E-state index contributed by atoms with van der Waals surface area (Å²) >= 11 is 0. The lowest BCUT2D eigenvalue weighted by Gasteiger charge is -2.12. The van der Waals surface area contributed by atoms with Crippen molar-refractivity contribution in [2.45, 2.75) is 12.7 Å². The third-order valence-electron chi connectivity index (χ3n) is 4.16. The Morgan fingerprint density at radius 1 is 0.964 bits per heavy atom. The lowest BCUT2D eigenvalue weighted by Crippen LogP contribution is -2.23. The average molecular weight is 390 g/mol. The molecule has 5 nitrogen and oxygen atoms in total. The predicted molar refractivity (Wildman–Crippen MR) is 97.6 cm³/mol. The summed E-state index contributed by atoms with van der Waals surface area (Å²) < 4.78 is 49.8. The van der Waals surface area contributed by atoms with E-state index in [0.29, 0.717) is 28.3 Å². The summed E-state index contributed by atoms with van der Waals surface area (Å²) in [6.45, 7) is 0.0449. The zero-order chi connectivity index (χ0) is 20.3. The van der Waals surface area contributed by atoms with Gasteiger partial charge in [0.1, 0.15) is 11.5 Å². The number of hydrogen-bond acceptors (Lipinski definition) is 4. The van der Waals surface area contributed by atoms with Crippen molar-refractivity contribution in [1.82, 2.24) is 9.78 Å². The molecule has 0 bridgehead atoms. The van der Waals surface area contributed by atoms with Gasteiger partial charge in [0.2, 0.25) is 0 Å². The van der Waals surface area contributed by atoms with E-state index in [4.69, 9.17) is 9.47 Å². The second kappa shape index (κ2) is 7.75. The normalized spacial score (nSPS) is 11.3. The molecule has 146 valence electrons. The van der Waals surface area contributed by atoms with Gasteiger partial charge in [-0.3, -0.25) is 4.79 Å². The Labute approximate surface area is 159 Å². The highest BCUT2D eigenvalue weighted by Crippen LogP contribution is 2.32. The highest BCUT2D eigenvalue weighted by atomic mass is 19.4. The number of halogens is 3. The van der Waals surface area contributed by atoms with Gasteiger partial charge in [-0.15, -0.1) is 0 Å². The molecule has 0 radical (unpaired) electrons. The molecule has 0 unspecified atom stereocenters. The predicted octanol–water partition coefficient (Wildman–Crippen LogP) is 3.99. The van der Waals surface area contributed by atoms with Gasteiger partial charge in [-0.05, 0) is 35.9 Å². The molecule has 3 aromatic rings. The molecule has 0 aliphatic rings. The minimum absolute atomic E-state index is 0.0449. The Balaban J connectivity index is 1.93. The maximum atomic E-state index is 12.7. The Hall–Kier alpha value is -3.29. The standard InChI is InChI=1S/C20H17F3N2O3/c1-27-15-7-8-16(18(11-15)28-2)17-9-10-19(26)25(24-17)12-13-3-5-14(6-4-13)20(21,22)23/h3-11H,12H2,1-2H3. The van der Waals surface area contributed by atoms with Gasteiger partial charge >= 0.3 is 6.18 Å². The van der Waals surface area contributed by atoms with Crippen LogP contribution in [0.1, 0.15) is 11.1 Å². The first kappa shape index (κ1) is 19.5. The van der Waals surface area contributed by atoms with Gasteiger partial charge in [0.25, 0.3) is 5.56 Å². The van der Waals surface area contributed by atoms with Crippen LogP contribution in [-0.4, -0.2) is 24.0 Å². The molecule has 0 atom stereocenters. The molecule has 3 rings (SSSR count). The van der Waals surface area contributed by atoms with Crippen LogP contribution in [0.15, 0.2) is 59.4 Å². The Morgan fingerprint density at radius 3 is 2.29 bits per heavy atom. The van der Waals surface area contributed by atoms with Gasteiger partial charge in [0.15, 0.2) is 0 Å². The number of alkyl halides is 3. The van der Waals surface area contributed by atoms with Gasteiger partial charge in [-0.2, -0.15) is 18.3 Å². The SMILES string of the molecule is COc1ccc(-c2ccc(=O)n(Cc3ccc(C(F)(F)F)cc3)n2)c(OC)c1. The van der Waals surface area contributed by atoms with Crippen LogP contribution in [0.25, 0.3) is 11.3 Å². The number of ether oxygens (including phenoxy) is 2. The zero-order valence-corrected chi connectivity index (χ0v) is 15.2. The number of methoxy groups -OCH3 is 2. The molecule has 0 N–H and O–H groups in total. The van der Waals surface area contributed by atoms with Crippen LogP contribution in [0.5, 0.6) is 11.5 Å². The van der Waals surface area contributed by atoms with Crippen molar-refractivity contribution >= 4 is 0 Å². The molecule has 0 spiro atoms. The van der Waals surface area contributed by atoms with E-state index < -0.39 is 11.7 Å². The van der Waals surface area contributed by atoms with Crippen LogP contribution in [-0.2, 0) is 12.7 Å². The summed E-state index contributed by atoms with van der Waals surface area (Å²) in [7, 11) is 3.05. The van der Waals surface area contributed by atoms with Gasteiger partial charge in [0, 0.05) is 17.7 Å². The van der Waals surface area contributed by atoms with E-state index in [1.54, 1.807) is 24.3 Å². The maximum Gasteiger partial charge on any atom is 0.416 e. The molecule has 0 amide bonds. The summed E-state index contributed by atoms with van der Waals surface area (Å²) in [5.74, 6) is 1.13. The number of hydrogen-bond donors (Lipinski definition) is 0. The van der Waals surface area contributed by atoms with E-state index in [9.17, 15) is 18.0 Å². The summed E-state index contributed by atoms with van der Waals surface area (Å²) in [4.78, 5) is 12.2. The minimum atomic E-state index is -4.40. The number of rotatable bonds is 5. The fraction of sp³-hybridized carbons (Fsp3) is 0.200. The second-order valence-corrected chi connectivity index (χ2v) is 5.98. The maximum absolute atomic E-state index is 12.7. The van der Waals surface area contributed by atoms with E-state index in [1.807, 2.05) is 0 Å². The lowest BCUT2D eigenvalue weighted by molar-refractivity contribution is -0.137. The Kier molecular flexibility index (Phi) is 5.39. The van der Waals surface area contributed by atoms with E-state index in [2.05, 4.69) is 5.10 Å². The fourth-order valence-corrected chi connectivity index (χ4v) is 2.69. The van der Waals surface area contributed by atoms with Crippen LogP contribution < -0.4 is 15.0 Å². The molecule has 0 fully saturated rings. The fourth-order valence-electron chi connectivity index (χ4n) is 2.69. The second-order valence-electron chi connectivity index (χ2n) is 5.98. The van der Waals surface area contributed by atoms with Gasteiger partial charge in [-0.25, -0.2) is 4.68 Å². The number of nitrogens with zero attached hydrogens (tertiary/aromatic N) is 2. The third-order valence-corrected chi connectivity index (χ3v) is 4.16. The van der Waals surface area contributed by atoms with Gasteiger partial charge in [0.05, 0.1) is 32.0 Å². The molecule has 0 saturated carbocycles. The Morgan fingerprint density at radius 2 is 1.68 bits per heavy atom. The van der Waals surface area contributed by atoms with Crippen LogP contribution in [0.4, 0.5) is 13.2 Å². The third kappa shape index (κ3) is 4.16. The average Bonchev–Trinajstić information content (AvgIpc) is 2.69. The molecule has 28 heavy (non-hydrogen) atoms. The number of aromatic nitrogens is 2. The van der Waals surface area contributed by atoms with Crippen molar-refractivity contribution in [3.8, 4) is 22.8 Å². The molecular weight excluding hydrogens is 373 g/mol. The van der Waals surface area contributed by atoms with E-state index in [0.717, 1.165) is 12.1 Å². The first-order chi connectivity index (χ1) is 13.3. The molecule has 0 aliphatic carbocycles. The quantitative estimate of drug-likeness (QED) is 0.661. The van der Waals surface area contributed by atoms with E-state index >= 15 is 0 Å². The van der Waals surface area contributed by atoms with Crippen molar-refractivity contribution in [3.63, 3.8) is 0 Å². The van der Waals surface area contributed by atoms with Gasteiger partial charge < -0.3 is 9.47 Å². The molecule has 0 saturated heterocycles. The van der Waals surface area contributed by atoms with Crippen LogP contribution in [0.3, 0.4) is 0 Å². The van der Waals surface area contributed by atoms with Crippen LogP contribution in [0.2, 0.25) is 0 Å². The summed E-state index contributed by atoms with van der Waals surface area (Å²) in [6.07, 6.45) is -4.40. The van der Waals surface area contributed by atoms with Crippen molar-refractivity contribution in [2.75, 3.05) is 14.2 Å². The van der Waals surface area contributed by atoms with Crippen LogP contribution >= 0.6 is 0 Å². The van der Waals surface area contributed by atoms with E-state index in [1.165, 1.54) is 37.1 Å². The monoisotopic (exact) mass is 390 g/mol. The van der Waals surface area contributed by atoms with Crippen molar-refractivity contribution in [3.05, 3.63) is 76.1 Å². The molecule has 1 heterocycles.